The van der Waals surface area contributed by atoms with E-state index in [9.17, 15) is 4.79 Å². The third-order valence-corrected chi connectivity index (χ3v) is 5.13. The van der Waals surface area contributed by atoms with Crippen LogP contribution in [0.5, 0.6) is 11.5 Å². The van der Waals surface area contributed by atoms with Crippen molar-refractivity contribution in [2.45, 2.75) is 19.7 Å². The Morgan fingerprint density at radius 3 is 2.33 bits per heavy atom. The number of methoxy groups -OCH3 is 1. The Labute approximate surface area is 185 Å². The van der Waals surface area contributed by atoms with Gasteiger partial charge in [0.25, 0.3) is 0 Å². The van der Waals surface area contributed by atoms with E-state index < -0.39 is 5.97 Å². The minimum absolute atomic E-state index is 0.266. The van der Waals surface area contributed by atoms with Crippen LogP contribution in [0.2, 0.25) is 10.0 Å². The number of hydrogen-bond acceptors (Lipinski definition) is 4. The molecule has 0 radical (unpaired) electrons. The Morgan fingerprint density at radius 1 is 0.967 bits per heavy atom. The Hall–Kier alpha value is -2.73. The van der Waals surface area contributed by atoms with Crippen LogP contribution in [0.1, 0.15) is 27.0 Å². The number of nitrogens with one attached hydrogen (secondary N) is 1. The SMILES string of the molecule is COc1cc(CNCc2ccc(C(=O)O)cc2)cc(Cl)c1OCc1ccccc1Cl. The maximum absolute atomic E-state index is 10.9. The zero-order valence-electron chi connectivity index (χ0n) is 16.3. The van der Waals surface area contributed by atoms with Crippen LogP contribution in [0.4, 0.5) is 0 Å². The second-order valence-electron chi connectivity index (χ2n) is 6.59. The lowest BCUT2D eigenvalue weighted by Gasteiger charge is -2.15. The Morgan fingerprint density at radius 2 is 1.67 bits per heavy atom. The molecule has 0 aliphatic carbocycles. The summed E-state index contributed by atoms with van der Waals surface area (Å²) in [5.41, 5.74) is 3.04. The van der Waals surface area contributed by atoms with Crippen molar-refractivity contribution in [1.82, 2.24) is 5.32 Å². The normalized spacial score (nSPS) is 10.6. The summed E-state index contributed by atoms with van der Waals surface area (Å²) in [7, 11) is 1.56. The first-order valence-corrected chi connectivity index (χ1v) is 9.99. The van der Waals surface area contributed by atoms with Crippen molar-refractivity contribution in [3.05, 3.63) is 93.0 Å². The van der Waals surface area contributed by atoms with Crippen LogP contribution in [0.3, 0.4) is 0 Å². The van der Waals surface area contributed by atoms with E-state index in [1.54, 1.807) is 31.4 Å². The van der Waals surface area contributed by atoms with Crippen LogP contribution >= 0.6 is 23.2 Å². The number of carboxylic acid groups (broad SMARTS) is 1. The summed E-state index contributed by atoms with van der Waals surface area (Å²) in [6.45, 7) is 1.42. The molecular weight excluding hydrogens is 425 g/mol. The van der Waals surface area contributed by atoms with Crippen molar-refractivity contribution in [2.75, 3.05) is 7.11 Å². The van der Waals surface area contributed by atoms with Crippen LogP contribution in [0.25, 0.3) is 0 Å². The molecule has 2 N–H and O–H groups in total. The highest BCUT2D eigenvalue weighted by Gasteiger charge is 2.13. The lowest BCUT2D eigenvalue weighted by Crippen LogP contribution is -2.13. The van der Waals surface area contributed by atoms with E-state index >= 15 is 0 Å². The van der Waals surface area contributed by atoms with Gasteiger partial charge in [-0.3, -0.25) is 0 Å². The molecule has 0 atom stereocenters. The van der Waals surface area contributed by atoms with E-state index in [1.807, 2.05) is 36.4 Å². The molecule has 0 fully saturated rings. The van der Waals surface area contributed by atoms with Gasteiger partial charge in [0.15, 0.2) is 11.5 Å². The van der Waals surface area contributed by atoms with Crippen LogP contribution in [-0.4, -0.2) is 18.2 Å². The Balaban J connectivity index is 1.63. The first-order valence-electron chi connectivity index (χ1n) is 9.23. The number of ether oxygens (including phenoxy) is 2. The van der Waals surface area contributed by atoms with Crippen molar-refractivity contribution < 1.29 is 19.4 Å². The highest BCUT2D eigenvalue weighted by molar-refractivity contribution is 6.32. The summed E-state index contributed by atoms with van der Waals surface area (Å²) in [5.74, 6) is 0.0670. The highest BCUT2D eigenvalue weighted by atomic mass is 35.5. The molecule has 0 bridgehead atoms. The lowest BCUT2D eigenvalue weighted by molar-refractivity contribution is 0.0697. The molecule has 0 unspecified atom stereocenters. The van der Waals surface area contributed by atoms with Gasteiger partial charge >= 0.3 is 5.97 Å². The van der Waals surface area contributed by atoms with Gasteiger partial charge in [-0.25, -0.2) is 4.79 Å². The second kappa shape index (κ2) is 10.3. The molecule has 0 aliphatic rings. The smallest absolute Gasteiger partial charge is 0.335 e. The molecule has 156 valence electrons. The van der Waals surface area contributed by atoms with Crippen molar-refractivity contribution in [3.63, 3.8) is 0 Å². The minimum atomic E-state index is -0.937. The third kappa shape index (κ3) is 5.66. The molecule has 3 rings (SSSR count). The number of aromatic carboxylic acids is 1. The van der Waals surface area contributed by atoms with Crippen molar-refractivity contribution in [1.29, 1.82) is 0 Å². The highest BCUT2D eigenvalue weighted by Crippen LogP contribution is 2.37. The number of rotatable bonds is 9. The number of carbonyl (C=O) groups is 1. The predicted octanol–water partition coefficient (Wildman–Crippen LogP) is 5.57. The molecule has 7 heteroatoms. The van der Waals surface area contributed by atoms with Crippen molar-refractivity contribution >= 4 is 29.2 Å². The molecule has 0 heterocycles. The first-order chi connectivity index (χ1) is 14.5. The molecule has 0 saturated carbocycles. The zero-order valence-corrected chi connectivity index (χ0v) is 17.8. The van der Waals surface area contributed by atoms with Crippen molar-refractivity contribution in [3.8, 4) is 11.5 Å². The minimum Gasteiger partial charge on any atom is -0.493 e. The van der Waals surface area contributed by atoms with E-state index in [0.29, 0.717) is 34.6 Å². The molecule has 0 amide bonds. The fourth-order valence-electron chi connectivity index (χ4n) is 2.90. The van der Waals surface area contributed by atoms with E-state index in [0.717, 1.165) is 16.7 Å². The maximum atomic E-state index is 10.9. The summed E-state index contributed by atoms with van der Waals surface area (Å²) in [6, 6.07) is 17.9. The van der Waals surface area contributed by atoms with Gasteiger partial charge < -0.3 is 19.9 Å². The summed E-state index contributed by atoms with van der Waals surface area (Å²) in [5, 5.41) is 13.3. The van der Waals surface area contributed by atoms with Crippen molar-refractivity contribution in [2.24, 2.45) is 0 Å². The van der Waals surface area contributed by atoms with E-state index in [1.165, 1.54) is 0 Å². The quantitative estimate of drug-likeness (QED) is 0.450. The van der Waals surface area contributed by atoms with E-state index in [4.69, 9.17) is 37.8 Å². The molecule has 30 heavy (non-hydrogen) atoms. The average molecular weight is 446 g/mol. The summed E-state index contributed by atoms with van der Waals surface area (Å²) < 4.78 is 11.3. The van der Waals surface area contributed by atoms with Gasteiger partial charge in [0.1, 0.15) is 6.61 Å². The number of carboxylic acids is 1. The molecule has 0 aliphatic heterocycles. The second-order valence-corrected chi connectivity index (χ2v) is 7.41. The standard InChI is InChI=1S/C23H21Cl2NO4/c1-29-21-11-16(13-26-12-15-6-8-17(9-7-15)23(27)28)10-20(25)22(21)30-14-18-4-2-3-5-19(18)24/h2-11,26H,12-14H2,1H3,(H,27,28). The molecule has 0 saturated heterocycles. The summed E-state index contributed by atoms with van der Waals surface area (Å²) >= 11 is 12.6. The molecule has 3 aromatic carbocycles. The Bertz CT molecular complexity index is 1020. The average Bonchev–Trinajstić information content (AvgIpc) is 2.74. The van der Waals surface area contributed by atoms with Gasteiger partial charge in [-0.2, -0.15) is 0 Å². The zero-order chi connectivity index (χ0) is 21.5. The van der Waals surface area contributed by atoms with Crippen LogP contribution < -0.4 is 14.8 Å². The molecule has 0 aromatic heterocycles. The molecule has 5 nitrogen and oxygen atoms in total. The van der Waals surface area contributed by atoms with Gasteiger partial charge in [-0.15, -0.1) is 0 Å². The summed E-state index contributed by atoms with van der Waals surface area (Å²) in [6.07, 6.45) is 0. The van der Waals surface area contributed by atoms with Gasteiger partial charge in [0, 0.05) is 23.7 Å². The van der Waals surface area contributed by atoms with Gasteiger partial charge in [-0.1, -0.05) is 53.5 Å². The van der Waals surface area contributed by atoms with Crippen LogP contribution in [0.15, 0.2) is 60.7 Å². The van der Waals surface area contributed by atoms with E-state index in [2.05, 4.69) is 5.32 Å². The Kier molecular flexibility index (Phi) is 7.57. The van der Waals surface area contributed by atoms with Gasteiger partial charge in [-0.05, 0) is 41.5 Å². The summed E-state index contributed by atoms with van der Waals surface area (Å²) in [4.78, 5) is 10.9. The fourth-order valence-corrected chi connectivity index (χ4v) is 3.38. The third-order valence-electron chi connectivity index (χ3n) is 4.48. The topological polar surface area (TPSA) is 67.8 Å². The van der Waals surface area contributed by atoms with Gasteiger partial charge in [0.05, 0.1) is 17.7 Å². The number of hydrogen-bond donors (Lipinski definition) is 2. The predicted molar refractivity (Wildman–Crippen MR) is 118 cm³/mol. The molecule has 3 aromatic rings. The lowest BCUT2D eigenvalue weighted by atomic mass is 10.1. The first kappa shape index (κ1) is 22.0. The van der Waals surface area contributed by atoms with Crippen LogP contribution in [-0.2, 0) is 19.7 Å². The fraction of sp³-hybridized carbons (Fsp3) is 0.174. The van der Waals surface area contributed by atoms with Crippen LogP contribution in [0, 0.1) is 0 Å². The number of benzene rings is 3. The molecule has 0 spiro atoms. The maximum Gasteiger partial charge on any atom is 0.335 e. The molecular formula is C23H21Cl2NO4. The van der Waals surface area contributed by atoms with E-state index in [-0.39, 0.29) is 12.2 Å². The number of halogens is 2. The largest absolute Gasteiger partial charge is 0.493 e. The van der Waals surface area contributed by atoms with Gasteiger partial charge in [0.2, 0.25) is 0 Å². The monoisotopic (exact) mass is 445 g/mol.